The molecule has 3 nitrogen and oxygen atoms in total. The summed E-state index contributed by atoms with van der Waals surface area (Å²) in [6.45, 7) is 5.49. The van der Waals surface area contributed by atoms with E-state index in [0.29, 0.717) is 6.04 Å². The van der Waals surface area contributed by atoms with Crippen molar-refractivity contribution < 1.29 is 4.74 Å². The van der Waals surface area contributed by atoms with Crippen molar-refractivity contribution in [1.82, 2.24) is 10.3 Å². The van der Waals surface area contributed by atoms with Gasteiger partial charge in [-0.25, -0.2) is 0 Å². The number of hydrogen-bond acceptors (Lipinski definition) is 3. The number of ether oxygens (including phenoxy) is 1. The Morgan fingerprint density at radius 1 is 1.64 bits per heavy atom. The highest BCUT2D eigenvalue weighted by Gasteiger charge is 2.16. The highest BCUT2D eigenvalue weighted by molar-refractivity contribution is 5.42. The molecule has 1 saturated heterocycles. The molecule has 1 aromatic heterocycles. The van der Waals surface area contributed by atoms with Crippen molar-refractivity contribution in [2.45, 2.75) is 12.5 Å². The molecule has 1 N–H and O–H groups in total. The van der Waals surface area contributed by atoms with Gasteiger partial charge in [0, 0.05) is 6.04 Å². The monoisotopic (exact) mass is 190 g/mol. The summed E-state index contributed by atoms with van der Waals surface area (Å²) in [7, 11) is 0. The van der Waals surface area contributed by atoms with E-state index in [1.54, 1.807) is 12.3 Å². The van der Waals surface area contributed by atoms with Crippen LogP contribution < -0.4 is 10.1 Å². The fourth-order valence-electron chi connectivity index (χ4n) is 1.29. The summed E-state index contributed by atoms with van der Waals surface area (Å²) >= 11 is 0. The summed E-state index contributed by atoms with van der Waals surface area (Å²) in [6, 6.07) is 4.34. The Labute approximate surface area is 83.8 Å². The van der Waals surface area contributed by atoms with Gasteiger partial charge >= 0.3 is 0 Å². The molecule has 0 spiro atoms. The molecule has 0 saturated carbocycles. The maximum Gasteiger partial charge on any atom is 0.137 e. The first kappa shape index (κ1) is 9.21. The van der Waals surface area contributed by atoms with Gasteiger partial charge < -0.3 is 10.1 Å². The molecule has 2 heterocycles. The topological polar surface area (TPSA) is 34.1 Å². The van der Waals surface area contributed by atoms with E-state index in [0.717, 1.165) is 24.6 Å². The summed E-state index contributed by atoms with van der Waals surface area (Å²) in [4.78, 5) is 4.16. The average Bonchev–Trinajstić information content (AvgIpc) is 2.16. The van der Waals surface area contributed by atoms with Gasteiger partial charge in [0.05, 0.1) is 11.9 Å². The lowest BCUT2D eigenvalue weighted by Crippen LogP contribution is -2.46. The maximum absolute atomic E-state index is 5.55. The Bertz CT molecular complexity index is 304. The van der Waals surface area contributed by atoms with Crippen molar-refractivity contribution in [1.29, 1.82) is 0 Å². The number of nitrogens with one attached hydrogen (secondary N) is 1. The van der Waals surface area contributed by atoms with Crippen LogP contribution in [0.5, 0.6) is 5.75 Å². The smallest absolute Gasteiger partial charge is 0.137 e. The molecule has 3 heteroatoms. The molecule has 0 unspecified atom stereocenters. The van der Waals surface area contributed by atoms with Gasteiger partial charge in [-0.1, -0.05) is 6.58 Å². The fourth-order valence-corrected chi connectivity index (χ4v) is 1.29. The molecule has 0 aliphatic carbocycles. The van der Waals surface area contributed by atoms with E-state index < -0.39 is 0 Å². The SMILES string of the molecule is C=Cc1ccc(OC[C@@H]2CCN2)cn1. The predicted molar refractivity (Wildman–Crippen MR) is 56.2 cm³/mol. The molecular weight excluding hydrogens is 176 g/mol. The van der Waals surface area contributed by atoms with E-state index in [9.17, 15) is 0 Å². The van der Waals surface area contributed by atoms with Gasteiger partial charge in [0.15, 0.2) is 0 Å². The van der Waals surface area contributed by atoms with Gasteiger partial charge in [-0.2, -0.15) is 0 Å². The van der Waals surface area contributed by atoms with Crippen LogP contribution >= 0.6 is 0 Å². The maximum atomic E-state index is 5.55. The van der Waals surface area contributed by atoms with Gasteiger partial charge in [-0.05, 0) is 31.2 Å². The summed E-state index contributed by atoms with van der Waals surface area (Å²) < 4.78 is 5.55. The number of hydrogen-bond donors (Lipinski definition) is 1. The second-order valence-electron chi connectivity index (χ2n) is 3.37. The number of aromatic nitrogens is 1. The zero-order valence-corrected chi connectivity index (χ0v) is 8.07. The summed E-state index contributed by atoms with van der Waals surface area (Å²) in [5.74, 6) is 0.823. The number of rotatable bonds is 4. The van der Waals surface area contributed by atoms with E-state index in [2.05, 4.69) is 16.9 Å². The molecule has 14 heavy (non-hydrogen) atoms. The quantitative estimate of drug-likeness (QED) is 0.780. The van der Waals surface area contributed by atoms with E-state index >= 15 is 0 Å². The third kappa shape index (κ3) is 2.12. The summed E-state index contributed by atoms with van der Waals surface area (Å²) in [5, 5.41) is 3.28. The summed E-state index contributed by atoms with van der Waals surface area (Å²) in [5.41, 5.74) is 0.874. The molecule has 74 valence electrons. The van der Waals surface area contributed by atoms with Gasteiger partial charge in [-0.15, -0.1) is 0 Å². The third-order valence-corrected chi connectivity index (χ3v) is 2.35. The minimum Gasteiger partial charge on any atom is -0.490 e. The van der Waals surface area contributed by atoms with Crippen molar-refractivity contribution in [3.63, 3.8) is 0 Å². The normalized spacial score (nSPS) is 19.9. The van der Waals surface area contributed by atoms with Crippen molar-refractivity contribution in [2.75, 3.05) is 13.2 Å². The van der Waals surface area contributed by atoms with Crippen LogP contribution in [0.15, 0.2) is 24.9 Å². The largest absolute Gasteiger partial charge is 0.490 e. The van der Waals surface area contributed by atoms with Crippen LogP contribution in [-0.2, 0) is 0 Å². The van der Waals surface area contributed by atoms with E-state index in [1.807, 2.05) is 12.1 Å². The van der Waals surface area contributed by atoms with Gasteiger partial charge in [0.25, 0.3) is 0 Å². The lowest BCUT2D eigenvalue weighted by Gasteiger charge is -2.27. The zero-order valence-electron chi connectivity index (χ0n) is 8.07. The van der Waals surface area contributed by atoms with Crippen LogP contribution in [0.4, 0.5) is 0 Å². The highest BCUT2D eigenvalue weighted by Crippen LogP contribution is 2.11. The summed E-state index contributed by atoms with van der Waals surface area (Å²) in [6.07, 6.45) is 4.66. The van der Waals surface area contributed by atoms with E-state index in [-0.39, 0.29) is 0 Å². The van der Waals surface area contributed by atoms with E-state index in [4.69, 9.17) is 4.74 Å². The molecule has 0 bridgehead atoms. The van der Waals surface area contributed by atoms with Crippen LogP contribution in [0.2, 0.25) is 0 Å². The van der Waals surface area contributed by atoms with Crippen LogP contribution in [0.25, 0.3) is 6.08 Å². The number of nitrogens with zero attached hydrogens (tertiary/aromatic N) is 1. The lowest BCUT2D eigenvalue weighted by molar-refractivity contribution is 0.217. The molecule has 1 aliphatic rings. The van der Waals surface area contributed by atoms with Gasteiger partial charge in [-0.3, -0.25) is 4.98 Å². The third-order valence-electron chi connectivity index (χ3n) is 2.35. The van der Waals surface area contributed by atoms with E-state index in [1.165, 1.54) is 6.42 Å². The Hall–Kier alpha value is -1.35. The molecular formula is C11H14N2O. The standard InChI is InChI=1S/C11H14N2O/c1-2-9-3-4-11(7-13-9)14-8-10-5-6-12-10/h2-4,7,10,12H,1,5-6,8H2/t10-/m0/s1. The molecule has 1 aliphatic heterocycles. The van der Waals surface area contributed by atoms with Crippen molar-refractivity contribution in [3.05, 3.63) is 30.6 Å². The van der Waals surface area contributed by atoms with Crippen molar-refractivity contribution in [3.8, 4) is 5.75 Å². The van der Waals surface area contributed by atoms with Crippen molar-refractivity contribution in [2.24, 2.45) is 0 Å². The molecule has 0 aromatic carbocycles. The Morgan fingerprint density at radius 2 is 2.50 bits per heavy atom. The first-order valence-corrected chi connectivity index (χ1v) is 4.83. The molecule has 0 amide bonds. The molecule has 2 rings (SSSR count). The lowest BCUT2D eigenvalue weighted by atomic mass is 10.1. The zero-order chi connectivity index (χ0) is 9.80. The molecule has 0 radical (unpaired) electrons. The minimum atomic E-state index is 0.522. The average molecular weight is 190 g/mol. The fraction of sp³-hybridized carbons (Fsp3) is 0.364. The van der Waals surface area contributed by atoms with Crippen molar-refractivity contribution >= 4 is 6.08 Å². The Balaban J connectivity index is 1.85. The second-order valence-corrected chi connectivity index (χ2v) is 3.37. The van der Waals surface area contributed by atoms with Crippen LogP contribution in [0.1, 0.15) is 12.1 Å². The number of pyridine rings is 1. The van der Waals surface area contributed by atoms with Gasteiger partial charge in [0.1, 0.15) is 12.4 Å². The molecule has 1 aromatic rings. The predicted octanol–water partition coefficient (Wildman–Crippen LogP) is 1.47. The first-order valence-electron chi connectivity index (χ1n) is 4.83. The van der Waals surface area contributed by atoms with Crippen LogP contribution in [0.3, 0.4) is 0 Å². The molecule has 1 fully saturated rings. The Kier molecular flexibility index (Phi) is 2.79. The minimum absolute atomic E-state index is 0.522. The second kappa shape index (κ2) is 4.24. The highest BCUT2D eigenvalue weighted by atomic mass is 16.5. The van der Waals surface area contributed by atoms with Crippen LogP contribution in [-0.4, -0.2) is 24.2 Å². The Morgan fingerprint density at radius 3 is 3.00 bits per heavy atom. The first-order chi connectivity index (χ1) is 6.88. The van der Waals surface area contributed by atoms with Gasteiger partial charge in [0.2, 0.25) is 0 Å². The van der Waals surface area contributed by atoms with Crippen LogP contribution in [0, 0.1) is 0 Å². The molecule has 1 atom stereocenters.